The summed E-state index contributed by atoms with van der Waals surface area (Å²) in [6, 6.07) is 16.3. The molecule has 2 rings (SSSR count). The maximum atomic E-state index is 12.2. The van der Waals surface area contributed by atoms with E-state index in [9.17, 15) is 4.79 Å². The molecule has 0 radical (unpaired) electrons. The third-order valence-corrected chi connectivity index (χ3v) is 4.02. The number of benzene rings is 2. The average molecular weight is 325 g/mol. The first kappa shape index (κ1) is 17.9. The van der Waals surface area contributed by atoms with Crippen LogP contribution in [0.25, 0.3) is 0 Å². The van der Waals surface area contributed by atoms with Crippen LogP contribution in [0, 0.1) is 6.92 Å². The standard InChI is InChI=1S/C20H27N3O/c1-5-23(19-8-6-7-16(2)15-19)14-13-20(24)21-17-9-11-18(12-10-17)22(3)4/h6-12,15H,5,13-14H2,1-4H3,(H,21,24). The third-order valence-electron chi connectivity index (χ3n) is 4.02. The Morgan fingerprint density at radius 3 is 2.33 bits per heavy atom. The quantitative estimate of drug-likeness (QED) is 0.838. The first-order valence-electron chi connectivity index (χ1n) is 8.38. The summed E-state index contributed by atoms with van der Waals surface area (Å²) in [5.74, 6) is 0.0405. The lowest BCUT2D eigenvalue weighted by atomic mass is 10.2. The molecule has 0 fully saturated rings. The number of amides is 1. The fraction of sp³-hybridized carbons (Fsp3) is 0.350. The molecule has 2 aromatic carbocycles. The molecule has 4 nitrogen and oxygen atoms in total. The number of anilines is 3. The minimum atomic E-state index is 0.0405. The van der Waals surface area contributed by atoms with Gasteiger partial charge in [-0.15, -0.1) is 0 Å². The van der Waals surface area contributed by atoms with E-state index in [2.05, 4.69) is 48.3 Å². The van der Waals surface area contributed by atoms with E-state index in [1.165, 1.54) is 11.3 Å². The number of rotatable bonds is 7. The number of carbonyl (C=O) groups excluding carboxylic acids is 1. The second-order valence-corrected chi connectivity index (χ2v) is 6.16. The van der Waals surface area contributed by atoms with Gasteiger partial charge in [-0.3, -0.25) is 4.79 Å². The summed E-state index contributed by atoms with van der Waals surface area (Å²) in [7, 11) is 4.00. The summed E-state index contributed by atoms with van der Waals surface area (Å²) in [5.41, 5.74) is 4.35. The van der Waals surface area contributed by atoms with Crippen molar-refractivity contribution in [2.24, 2.45) is 0 Å². The Labute approximate surface area is 145 Å². The van der Waals surface area contributed by atoms with Gasteiger partial charge in [0.2, 0.25) is 5.91 Å². The van der Waals surface area contributed by atoms with E-state index in [4.69, 9.17) is 0 Å². The minimum absolute atomic E-state index is 0.0405. The molecule has 0 aliphatic carbocycles. The first-order chi connectivity index (χ1) is 11.5. The molecule has 0 aliphatic rings. The second-order valence-electron chi connectivity index (χ2n) is 6.16. The van der Waals surface area contributed by atoms with Crippen LogP contribution in [0.15, 0.2) is 48.5 Å². The highest BCUT2D eigenvalue weighted by molar-refractivity contribution is 5.91. The lowest BCUT2D eigenvalue weighted by Crippen LogP contribution is -2.27. The predicted molar refractivity (Wildman–Crippen MR) is 103 cm³/mol. The van der Waals surface area contributed by atoms with Crippen LogP contribution in [0.3, 0.4) is 0 Å². The van der Waals surface area contributed by atoms with Gasteiger partial charge in [-0.25, -0.2) is 0 Å². The Morgan fingerprint density at radius 2 is 1.75 bits per heavy atom. The molecule has 0 saturated carbocycles. The molecule has 0 atom stereocenters. The lowest BCUT2D eigenvalue weighted by Gasteiger charge is -2.23. The van der Waals surface area contributed by atoms with Gasteiger partial charge in [0.15, 0.2) is 0 Å². The van der Waals surface area contributed by atoms with Crippen molar-refractivity contribution < 1.29 is 4.79 Å². The number of nitrogens with zero attached hydrogens (tertiary/aromatic N) is 2. The van der Waals surface area contributed by atoms with Gasteiger partial charge < -0.3 is 15.1 Å². The van der Waals surface area contributed by atoms with Crippen LogP contribution >= 0.6 is 0 Å². The van der Waals surface area contributed by atoms with Crippen molar-refractivity contribution in [3.63, 3.8) is 0 Å². The molecule has 1 amide bonds. The average Bonchev–Trinajstić information content (AvgIpc) is 2.56. The molecule has 0 aromatic heterocycles. The molecule has 1 N–H and O–H groups in total. The van der Waals surface area contributed by atoms with Crippen LogP contribution in [0.4, 0.5) is 17.1 Å². The van der Waals surface area contributed by atoms with E-state index in [0.29, 0.717) is 13.0 Å². The SMILES string of the molecule is CCN(CCC(=O)Nc1ccc(N(C)C)cc1)c1cccc(C)c1. The number of carbonyl (C=O) groups is 1. The fourth-order valence-corrected chi connectivity index (χ4v) is 2.60. The highest BCUT2D eigenvalue weighted by atomic mass is 16.1. The Balaban J connectivity index is 1.89. The summed E-state index contributed by atoms with van der Waals surface area (Å²) in [4.78, 5) is 16.5. The Bertz CT molecular complexity index is 665. The van der Waals surface area contributed by atoms with Gasteiger partial charge in [0.25, 0.3) is 0 Å². The molecule has 0 spiro atoms. The summed E-state index contributed by atoms with van der Waals surface area (Å²) in [6.07, 6.45) is 0.469. The summed E-state index contributed by atoms with van der Waals surface area (Å²) in [6.45, 7) is 5.79. The number of nitrogens with one attached hydrogen (secondary N) is 1. The van der Waals surface area contributed by atoms with E-state index in [1.54, 1.807) is 0 Å². The summed E-state index contributed by atoms with van der Waals surface area (Å²) >= 11 is 0. The van der Waals surface area contributed by atoms with Crippen LogP contribution in [0.1, 0.15) is 18.9 Å². The molecular formula is C20H27N3O. The van der Waals surface area contributed by atoms with Gasteiger partial charge in [-0.1, -0.05) is 12.1 Å². The molecule has 0 aliphatic heterocycles. The molecule has 4 heteroatoms. The molecule has 2 aromatic rings. The van der Waals surface area contributed by atoms with Gasteiger partial charge in [0.05, 0.1) is 0 Å². The predicted octanol–water partition coefficient (Wildman–Crippen LogP) is 3.92. The van der Waals surface area contributed by atoms with Gasteiger partial charge >= 0.3 is 0 Å². The maximum Gasteiger partial charge on any atom is 0.226 e. The normalized spacial score (nSPS) is 10.3. The van der Waals surface area contributed by atoms with Crippen molar-refractivity contribution in [2.75, 3.05) is 42.3 Å². The van der Waals surface area contributed by atoms with Crippen molar-refractivity contribution in [2.45, 2.75) is 20.3 Å². The van der Waals surface area contributed by atoms with Gasteiger partial charge in [0.1, 0.15) is 0 Å². The van der Waals surface area contributed by atoms with Gasteiger partial charge in [-0.2, -0.15) is 0 Å². The summed E-state index contributed by atoms with van der Waals surface area (Å²) < 4.78 is 0. The Hall–Kier alpha value is -2.49. The fourth-order valence-electron chi connectivity index (χ4n) is 2.60. The second kappa shape index (κ2) is 8.39. The van der Waals surface area contributed by atoms with Crippen LogP contribution in [-0.4, -0.2) is 33.1 Å². The third kappa shape index (κ3) is 5.01. The maximum absolute atomic E-state index is 12.2. The van der Waals surface area contributed by atoms with Gasteiger partial charge in [0, 0.05) is 50.7 Å². The van der Waals surface area contributed by atoms with Crippen LogP contribution < -0.4 is 15.1 Å². The number of aryl methyl sites for hydroxylation is 1. The minimum Gasteiger partial charge on any atom is -0.378 e. The molecule has 24 heavy (non-hydrogen) atoms. The van der Waals surface area contributed by atoms with E-state index >= 15 is 0 Å². The van der Waals surface area contributed by atoms with Crippen molar-refractivity contribution in [1.82, 2.24) is 0 Å². The van der Waals surface area contributed by atoms with Gasteiger partial charge in [-0.05, 0) is 55.8 Å². The Kier molecular flexibility index (Phi) is 6.24. The van der Waals surface area contributed by atoms with E-state index in [1.807, 2.05) is 43.3 Å². The van der Waals surface area contributed by atoms with Crippen LogP contribution in [0.2, 0.25) is 0 Å². The van der Waals surface area contributed by atoms with Crippen molar-refractivity contribution in [3.05, 3.63) is 54.1 Å². The van der Waals surface area contributed by atoms with Crippen molar-refractivity contribution in [3.8, 4) is 0 Å². The van der Waals surface area contributed by atoms with Crippen LogP contribution in [-0.2, 0) is 4.79 Å². The molecule has 128 valence electrons. The molecule has 0 saturated heterocycles. The monoisotopic (exact) mass is 325 g/mol. The van der Waals surface area contributed by atoms with Crippen molar-refractivity contribution in [1.29, 1.82) is 0 Å². The number of hydrogen-bond acceptors (Lipinski definition) is 3. The molecule has 0 heterocycles. The van der Waals surface area contributed by atoms with E-state index < -0.39 is 0 Å². The molecular weight excluding hydrogens is 298 g/mol. The van der Waals surface area contributed by atoms with Crippen LogP contribution in [0.5, 0.6) is 0 Å². The highest BCUT2D eigenvalue weighted by Gasteiger charge is 2.08. The summed E-state index contributed by atoms with van der Waals surface area (Å²) in [5, 5.41) is 2.97. The van der Waals surface area contributed by atoms with E-state index in [0.717, 1.165) is 17.9 Å². The zero-order valence-electron chi connectivity index (χ0n) is 15.0. The van der Waals surface area contributed by atoms with Crippen molar-refractivity contribution >= 4 is 23.0 Å². The largest absolute Gasteiger partial charge is 0.378 e. The smallest absolute Gasteiger partial charge is 0.226 e. The molecule has 0 unspecified atom stereocenters. The molecule has 0 bridgehead atoms. The zero-order chi connectivity index (χ0) is 17.5. The lowest BCUT2D eigenvalue weighted by molar-refractivity contribution is -0.116. The highest BCUT2D eigenvalue weighted by Crippen LogP contribution is 2.17. The number of hydrogen-bond donors (Lipinski definition) is 1. The Morgan fingerprint density at radius 1 is 1.04 bits per heavy atom. The zero-order valence-corrected chi connectivity index (χ0v) is 15.0. The topological polar surface area (TPSA) is 35.6 Å². The first-order valence-corrected chi connectivity index (χ1v) is 8.38. The van der Waals surface area contributed by atoms with E-state index in [-0.39, 0.29) is 5.91 Å².